The second-order valence-electron chi connectivity index (χ2n) is 13.7. The normalized spacial score (nSPS) is 16.6. The molecule has 2 aromatic carbocycles. The number of aromatic nitrogens is 3. The minimum atomic E-state index is -3.01. The Morgan fingerprint density at radius 1 is 1.02 bits per heavy atom. The van der Waals surface area contributed by atoms with Gasteiger partial charge in [0.2, 0.25) is 0 Å². The van der Waals surface area contributed by atoms with Gasteiger partial charge in [0.25, 0.3) is 11.5 Å². The molecule has 0 radical (unpaired) electrons. The van der Waals surface area contributed by atoms with E-state index in [1.165, 1.54) is 39.6 Å². The van der Waals surface area contributed by atoms with Crippen LogP contribution < -0.4 is 10.9 Å². The average molecular weight is 675 g/mol. The highest BCUT2D eigenvalue weighted by atomic mass is 32.2. The van der Waals surface area contributed by atoms with Crippen LogP contribution in [0.3, 0.4) is 0 Å². The molecule has 6 rings (SSSR count). The number of nitrogens with zero attached hydrogens (tertiary/aromatic N) is 3. The third kappa shape index (κ3) is 6.53. The van der Waals surface area contributed by atoms with E-state index in [1.807, 2.05) is 17.0 Å². The number of aliphatic hydroxyl groups excluding tert-OH is 1. The molecule has 48 heavy (non-hydrogen) atoms. The summed E-state index contributed by atoms with van der Waals surface area (Å²) in [6.07, 6.45) is 5.03. The predicted molar refractivity (Wildman–Crippen MR) is 190 cm³/mol. The van der Waals surface area contributed by atoms with Gasteiger partial charge in [0.1, 0.15) is 21.2 Å². The number of H-pyrrole nitrogens is 2. The second-order valence-corrected chi connectivity index (χ2v) is 15.9. The summed E-state index contributed by atoms with van der Waals surface area (Å²) in [6, 6.07) is 5.30. The van der Waals surface area contributed by atoms with E-state index in [4.69, 9.17) is 4.98 Å². The molecule has 4 aromatic rings. The molecule has 2 aromatic heterocycles. The van der Waals surface area contributed by atoms with E-state index in [9.17, 15) is 23.1 Å². The van der Waals surface area contributed by atoms with Gasteiger partial charge in [-0.2, -0.15) is 0 Å². The third-order valence-electron chi connectivity index (χ3n) is 10.7. The van der Waals surface area contributed by atoms with Crippen molar-refractivity contribution in [3.63, 3.8) is 0 Å². The quantitative estimate of drug-likeness (QED) is 0.198. The first-order valence-corrected chi connectivity index (χ1v) is 18.7. The van der Waals surface area contributed by atoms with E-state index in [1.54, 1.807) is 12.3 Å². The van der Waals surface area contributed by atoms with Crippen LogP contribution >= 0.6 is 0 Å². The van der Waals surface area contributed by atoms with Crippen LogP contribution in [0, 0.1) is 34.6 Å². The van der Waals surface area contributed by atoms with E-state index in [0.717, 1.165) is 37.0 Å². The van der Waals surface area contributed by atoms with Crippen LogP contribution in [0.5, 0.6) is 0 Å². The lowest BCUT2D eigenvalue weighted by Crippen LogP contribution is -2.45. The SMILES string of the molecule is Cc1c(C)c(C)c(C[C@H](CO)Nc2cc[nH]c(=O)c2-c2nc3cc4c(cc3[nH]2)CN(C2CCN(CCS(C)(=O)=O)CC2)C4=O)c(C)c1C. The lowest BCUT2D eigenvalue weighted by molar-refractivity contribution is 0.0603. The molecule has 1 fully saturated rings. The zero-order valence-corrected chi connectivity index (χ0v) is 29.5. The molecule has 12 heteroatoms. The number of carbonyl (C=O) groups is 1. The van der Waals surface area contributed by atoms with E-state index >= 15 is 0 Å². The van der Waals surface area contributed by atoms with Crippen molar-refractivity contribution in [2.24, 2.45) is 0 Å². The average Bonchev–Trinajstić information content (AvgIpc) is 3.61. The van der Waals surface area contributed by atoms with Gasteiger partial charge in [-0.15, -0.1) is 0 Å². The van der Waals surface area contributed by atoms with Crippen molar-refractivity contribution in [2.75, 3.05) is 43.6 Å². The molecular weight excluding hydrogens is 629 g/mol. The molecule has 0 unspecified atom stereocenters. The smallest absolute Gasteiger partial charge is 0.261 e. The maximum atomic E-state index is 13.6. The summed E-state index contributed by atoms with van der Waals surface area (Å²) in [4.78, 5) is 41.8. The van der Waals surface area contributed by atoms with Crippen molar-refractivity contribution < 1.29 is 18.3 Å². The van der Waals surface area contributed by atoms with Crippen molar-refractivity contribution in [3.05, 3.63) is 79.3 Å². The van der Waals surface area contributed by atoms with Crippen LogP contribution in [-0.2, 0) is 22.8 Å². The Balaban J connectivity index is 1.21. The second kappa shape index (κ2) is 13.1. The Kier molecular flexibility index (Phi) is 9.27. The summed E-state index contributed by atoms with van der Waals surface area (Å²) in [6.45, 7) is 13.1. The lowest BCUT2D eigenvalue weighted by atomic mass is 9.87. The zero-order chi connectivity index (χ0) is 34.5. The van der Waals surface area contributed by atoms with Gasteiger partial charge in [0, 0.05) is 50.2 Å². The molecule has 0 spiro atoms. The Morgan fingerprint density at radius 3 is 2.33 bits per heavy atom. The summed E-state index contributed by atoms with van der Waals surface area (Å²) in [5.41, 5.74) is 10.9. The number of amides is 1. The maximum Gasteiger partial charge on any atom is 0.261 e. The minimum Gasteiger partial charge on any atom is -0.394 e. The molecule has 2 aliphatic rings. The summed E-state index contributed by atoms with van der Waals surface area (Å²) in [7, 11) is -3.01. The largest absolute Gasteiger partial charge is 0.394 e. The van der Waals surface area contributed by atoms with Crippen molar-refractivity contribution >= 4 is 32.5 Å². The molecule has 1 amide bonds. The van der Waals surface area contributed by atoms with Crippen molar-refractivity contribution in [1.82, 2.24) is 24.8 Å². The van der Waals surface area contributed by atoms with E-state index < -0.39 is 9.84 Å². The fraction of sp³-hybridized carbons (Fsp3) is 0.472. The molecule has 4 N–H and O–H groups in total. The van der Waals surface area contributed by atoms with Gasteiger partial charge < -0.3 is 30.2 Å². The molecule has 0 saturated carbocycles. The van der Waals surface area contributed by atoms with Crippen molar-refractivity contribution in [3.8, 4) is 11.4 Å². The van der Waals surface area contributed by atoms with Gasteiger partial charge >= 0.3 is 0 Å². The number of imidazole rings is 1. The molecule has 11 nitrogen and oxygen atoms in total. The number of pyridine rings is 1. The summed E-state index contributed by atoms with van der Waals surface area (Å²) in [5.74, 6) is 0.506. The van der Waals surface area contributed by atoms with Crippen LogP contribution in [0.15, 0.2) is 29.2 Å². The third-order valence-corrected chi connectivity index (χ3v) is 11.6. The van der Waals surface area contributed by atoms with Gasteiger partial charge in [-0.3, -0.25) is 9.59 Å². The number of hydrogen-bond acceptors (Lipinski definition) is 8. The standard InChI is InChI=1S/C36H46N6O5S/c1-20-21(2)23(4)28(24(5)22(20)3)16-26(19-43)38-30-7-10-37-35(44)33(30)34-39-31-15-25-18-42(36(45)29(25)17-32(31)40-34)27-8-11-41(12-9-27)13-14-48(6,46)47/h7,10,15,17,26-27,43H,8-9,11-14,16,18-19H2,1-6H3,(H,39,40)(H2,37,38,44)/t26-/m1/s1. The molecule has 1 saturated heterocycles. The van der Waals surface area contributed by atoms with Gasteiger partial charge in [0.05, 0.1) is 35.1 Å². The lowest BCUT2D eigenvalue weighted by Gasteiger charge is -2.36. The van der Waals surface area contributed by atoms with Crippen LogP contribution in [0.2, 0.25) is 0 Å². The van der Waals surface area contributed by atoms with Gasteiger partial charge in [-0.05, 0) is 111 Å². The number of hydrogen-bond donors (Lipinski definition) is 4. The molecule has 4 heterocycles. The highest BCUT2D eigenvalue weighted by Crippen LogP contribution is 2.33. The Hall–Kier alpha value is -4.00. The number of nitrogens with one attached hydrogen (secondary N) is 3. The first-order valence-electron chi connectivity index (χ1n) is 16.6. The Bertz CT molecular complexity index is 2030. The first kappa shape index (κ1) is 33.9. The number of rotatable bonds is 10. The van der Waals surface area contributed by atoms with Gasteiger partial charge in [-0.25, -0.2) is 13.4 Å². The van der Waals surface area contributed by atoms with E-state index in [-0.39, 0.29) is 35.9 Å². The van der Waals surface area contributed by atoms with Crippen molar-refractivity contribution in [2.45, 2.75) is 72.5 Å². The van der Waals surface area contributed by atoms with Crippen LogP contribution in [0.4, 0.5) is 5.69 Å². The van der Waals surface area contributed by atoms with Gasteiger partial charge in [0.15, 0.2) is 0 Å². The number of fused-ring (bicyclic) bond motifs is 2. The van der Waals surface area contributed by atoms with Gasteiger partial charge in [-0.1, -0.05) is 0 Å². The number of aromatic amines is 2. The molecule has 0 aliphatic carbocycles. The molecule has 0 bridgehead atoms. The summed E-state index contributed by atoms with van der Waals surface area (Å²) in [5, 5.41) is 13.9. The van der Waals surface area contributed by atoms with Crippen LogP contribution in [0.25, 0.3) is 22.4 Å². The number of sulfone groups is 1. The maximum absolute atomic E-state index is 13.6. The molecule has 256 valence electrons. The Morgan fingerprint density at radius 2 is 1.69 bits per heavy atom. The van der Waals surface area contributed by atoms with E-state index in [2.05, 4.69) is 54.8 Å². The fourth-order valence-electron chi connectivity index (χ4n) is 7.35. The zero-order valence-electron chi connectivity index (χ0n) is 28.7. The predicted octanol–water partition coefficient (Wildman–Crippen LogP) is 3.94. The number of piperidine rings is 1. The highest BCUT2D eigenvalue weighted by molar-refractivity contribution is 7.90. The minimum absolute atomic E-state index is 0.0242. The molecule has 2 aliphatic heterocycles. The molecular formula is C36H46N6O5S. The number of benzene rings is 2. The van der Waals surface area contributed by atoms with E-state index in [0.29, 0.717) is 47.7 Å². The van der Waals surface area contributed by atoms with Crippen LogP contribution in [0.1, 0.15) is 62.1 Å². The fourth-order valence-corrected chi connectivity index (χ4v) is 7.94. The number of anilines is 1. The number of likely N-dealkylation sites (tertiary alicyclic amines) is 1. The summed E-state index contributed by atoms with van der Waals surface area (Å²) >= 11 is 0. The number of aliphatic hydroxyl groups is 1. The monoisotopic (exact) mass is 674 g/mol. The Labute approximate surface area is 281 Å². The van der Waals surface area contributed by atoms with Crippen LogP contribution in [-0.4, -0.2) is 94.5 Å². The first-order chi connectivity index (χ1) is 22.8. The molecule has 1 atom stereocenters. The highest BCUT2D eigenvalue weighted by Gasteiger charge is 2.35. The van der Waals surface area contributed by atoms with Crippen molar-refractivity contribution in [1.29, 1.82) is 0 Å². The summed E-state index contributed by atoms with van der Waals surface area (Å²) < 4.78 is 23.2. The topological polar surface area (TPSA) is 151 Å². The number of carbonyl (C=O) groups excluding carboxylic acids is 1.